The van der Waals surface area contributed by atoms with Crippen LogP contribution < -0.4 is 27.4 Å². The van der Waals surface area contributed by atoms with Gasteiger partial charge in [0, 0.05) is 53.9 Å². The Hall–Kier alpha value is -6.72. The molecule has 0 spiro atoms. The van der Waals surface area contributed by atoms with E-state index in [-0.39, 0.29) is 108 Å². The second kappa shape index (κ2) is 40.1. The molecule has 13 saturated carbocycles. The maximum atomic E-state index is 12.5. The second-order valence-electron chi connectivity index (χ2n) is 30.9. The van der Waals surface area contributed by atoms with Gasteiger partial charge in [0.05, 0.1) is 56.4 Å². The standard InChI is InChI=1S/2C19H27NO2.C19H25NO2.C11H19NO2.C11H16O3.C8H11N/c3*1-3-22-19(21)17-15-9-11-16(12-10-15)18(17)20-13(2)14-7-5-4-6-8-14;2*1-2-14-11(13)9-7-3-5-8(6-4-7)10(9)12;1-7(9)8-5-3-2-4-6-8/h2*4-8,13,15-18,20H,3,9-12H2,1-2H3;4-8,13,15-16,20H,3,9-12H2,1-2H3;7-10H,2-6,12H2,1H3;7-9H,2-6H2,1H3;2-7H,9H2,1H3/t13-,15?,16?,17+,18-;13-,15?,16?,17-,18-;13-,15?,16?;7?,8?,9-,10-;;7-/m0000.0/s1. The number of esters is 5. The van der Waals surface area contributed by atoms with Gasteiger partial charge in [-0.2, -0.15) is 0 Å². The highest BCUT2D eigenvalue weighted by Crippen LogP contribution is 2.50. The van der Waals surface area contributed by atoms with Crippen molar-refractivity contribution < 1.29 is 52.5 Å². The molecule has 4 aromatic rings. The van der Waals surface area contributed by atoms with Crippen LogP contribution in [-0.4, -0.2) is 86.8 Å². The van der Waals surface area contributed by atoms with Crippen LogP contribution in [0.25, 0.3) is 0 Å². The molecule has 1 unspecified atom stereocenters. The van der Waals surface area contributed by atoms with Gasteiger partial charge in [-0.3, -0.25) is 24.0 Å². The Morgan fingerprint density at radius 2 is 0.699 bits per heavy atom. The van der Waals surface area contributed by atoms with E-state index >= 15 is 0 Å². The first-order valence-corrected chi connectivity index (χ1v) is 40.0. The molecule has 19 rings (SSSR count). The summed E-state index contributed by atoms with van der Waals surface area (Å²) in [5, 5.41) is 11.1. The number of allylic oxidation sites excluding steroid dienone is 1. The van der Waals surface area contributed by atoms with Crippen LogP contribution in [-0.2, 0) is 52.5 Å². The minimum absolute atomic E-state index is 0.00895. The van der Waals surface area contributed by atoms with Crippen LogP contribution in [0.2, 0.25) is 0 Å². The first-order chi connectivity index (χ1) is 49.9. The van der Waals surface area contributed by atoms with E-state index in [4.69, 9.17) is 35.2 Å². The molecule has 13 fully saturated rings. The van der Waals surface area contributed by atoms with E-state index in [0.29, 0.717) is 80.4 Å². The van der Waals surface area contributed by atoms with Gasteiger partial charge in [-0.05, 0) is 266 Å². The summed E-state index contributed by atoms with van der Waals surface area (Å²) >= 11 is 0. The fourth-order valence-corrected chi connectivity index (χ4v) is 19.2. The molecular formula is C87H125N5O11. The zero-order valence-electron chi connectivity index (χ0n) is 63.5. The molecule has 0 radical (unpaired) electrons. The first kappa shape index (κ1) is 80.4. The average Bonchev–Trinajstić information content (AvgIpc) is 0.794. The molecule has 564 valence electrons. The van der Waals surface area contributed by atoms with Crippen molar-refractivity contribution in [2.24, 2.45) is 94.3 Å². The molecule has 15 aliphatic rings. The predicted octanol–water partition coefficient (Wildman–Crippen LogP) is 16.0. The van der Waals surface area contributed by atoms with Crippen molar-refractivity contribution in [2.75, 3.05) is 33.0 Å². The van der Waals surface area contributed by atoms with E-state index in [9.17, 15) is 28.8 Å². The van der Waals surface area contributed by atoms with Crippen molar-refractivity contribution in [1.29, 1.82) is 0 Å². The van der Waals surface area contributed by atoms with Crippen LogP contribution in [0.5, 0.6) is 0 Å². The number of hydrogen-bond donors (Lipinski definition) is 5. The zero-order chi connectivity index (χ0) is 73.5. The minimum atomic E-state index is -0.428. The smallest absolute Gasteiger partial charge is 0.336 e. The minimum Gasteiger partial charge on any atom is -0.466 e. The Labute approximate surface area is 616 Å². The highest BCUT2D eigenvalue weighted by atomic mass is 16.5. The Morgan fingerprint density at radius 3 is 1.07 bits per heavy atom. The van der Waals surface area contributed by atoms with E-state index in [1.807, 2.05) is 83.1 Å². The molecule has 7 N–H and O–H groups in total. The number of hydrogen-bond acceptors (Lipinski definition) is 16. The molecule has 0 aromatic heterocycles. The summed E-state index contributed by atoms with van der Waals surface area (Å²) in [5.41, 5.74) is 18.8. The molecule has 0 aliphatic heterocycles. The lowest BCUT2D eigenvalue weighted by Gasteiger charge is -2.48. The molecule has 0 heterocycles. The summed E-state index contributed by atoms with van der Waals surface area (Å²) in [7, 11) is 0. The highest BCUT2D eigenvalue weighted by molar-refractivity contribution is 6.01. The fraction of sp³-hybridized carbons (Fsp3) is 0.632. The quantitative estimate of drug-likeness (QED) is 0.0314. The number of nitrogens with one attached hydrogen (secondary N) is 3. The van der Waals surface area contributed by atoms with Crippen LogP contribution >= 0.6 is 0 Å². The summed E-state index contributed by atoms with van der Waals surface area (Å²) in [5.74, 6) is 3.94. The number of carbonyl (C=O) groups excluding carboxylic acids is 6. The number of rotatable bonds is 20. The largest absolute Gasteiger partial charge is 0.466 e. The Balaban J connectivity index is 0.000000147. The van der Waals surface area contributed by atoms with Gasteiger partial charge in [0.2, 0.25) is 0 Å². The summed E-state index contributed by atoms with van der Waals surface area (Å²) < 4.78 is 26.1. The average molecular weight is 1420 g/mol. The van der Waals surface area contributed by atoms with Gasteiger partial charge >= 0.3 is 29.8 Å². The van der Waals surface area contributed by atoms with Crippen molar-refractivity contribution >= 4 is 35.6 Å². The summed E-state index contributed by atoms with van der Waals surface area (Å²) in [6, 6.07) is 42.9. The van der Waals surface area contributed by atoms with Gasteiger partial charge in [0.25, 0.3) is 0 Å². The Bertz CT molecular complexity index is 3180. The zero-order valence-corrected chi connectivity index (χ0v) is 63.5. The number of fused-ring (bicyclic) bond motifs is 14. The van der Waals surface area contributed by atoms with Crippen molar-refractivity contribution in [3.05, 3.63) is 155 Å². The molecule has 16 nitrogen and oxygen atoms in total. The molecule has 103 heavy (non-hydrogen) atoms. The maximum absolute atomic E-state index is 12.5. The monoisotopic (exact) mass is 1420 g/mol. The molecule has 15 aliphatic carbocycles. The SMILES string of the molecule is CCOC(=O)C1=C(N[C@@H](C)c2ccccc2)C2CCC1CC2.CCOC(=O)C1C(=O)C2CCC1CC2.CCOC(=O)[C@@H]1C2CCC(CC2)[C@@H]1N[C@@H](C)c1ccccc1.CCOC(=O)[C@H]1C2CCC(CC2)[C@@H]1N.CCOC(=O)[C@H]1C2CCC(CC2)[C@@H]1N[C@@H](C)c1ccccc1.C[C@H](N)c1ccccc1. The van der Waals surface area contributed by atoms with Crippen LogP contribution in [0, 0.1) is 82.9 Å². The lowest BCUT2D eigenvalue weighted by Crippen LogP contribution is -2.55. The molecule has 4 aromatic carbocycles. The molecule has 0 amide bonds. The van der Waals surface area contributed by atoms with Gasteiger partial charge in [-0.15, -0.1) is 0 Å². The fourth-order valence-electron chi connectivity index (χ4n) is 19.2. The van der Waals surface area contributed by atoms with Gasteiger partial charge in [0.15, 0.2) is 0 Å². The van der Waals surface area contributed by atoms with E-state index in [1.54, 1.807) is 6.92 Å². The third kappa shape index (κ3) is 21.1. The van der Waals surface area contributed by atoms with Crippen LogP contribution in [0.3, 0.4) is 0 Å². The first-order valence-electron chi connectivity index (χ1n) is 40.0. The van der Waals surface area contributed by atoms with Crippen molar-refractivity contribution in [2.45, 2.75) is 233 Å². The summed E-state index contributed by atoms with van der Waals surface area (Å²) in [6.07, 6.45) is 23.2. The summed E-state index contributed by atoms with van der Waals surface area (Å²) in [6.45, 7) is 20.1. The third-order valence-corrected chi connectivity index (χ3v) is 24.7. The van der Waals surface area contributed by atoms with E-state index in [0.717, 1.165) is 49.8 Å². The third-order valence-electron chi connectivity index (χ3n) is 24.7. The number of benzene rings is 4. The van der Waals surface area contributed by atoms with E-state index in [1.165, 1.54) is 112 Å². The topological polar surface area (TPSA) is 237 Å². The van der Waals surface area contributed by atoms with Gasteiger partial charge in [-0.25, -0.2) is 4.79 Å². The highest BCUT2D eigenvalue weighted by Gasteiger charge is 2.51. The summed E-state index contributed by atoms with van der Waals surface area (Å²) in [4.78, 5) is 72.4. The molecular weight excluding hydrogens is 1290 g/mol. The lowest BCUT2D eigenvalue weighted by atomic mass is 9.61. The van der Waals surface area contributed by atoms with Crippen molar-refractivity contribution in [1.82, 2.24) is 16.0 Å². The van der Waals surface area contributed by atoms with Crippen molar-refractivity contribution in [3.8, 4) is 0 Å². The van der Waals surface area contributed by atoms with Gasteiger partial charge < -0.3 is 51.1 Å². The number of nitrogens with two attached hydrogens (primary N) is 2. The Kier molecular flexibility index (Phi) is 31.3. The molecule has 0 saturated heterocycles. The molecule has 16 heteroatoms. The number of carbonyl (C=O) groups is 6. The number of ketones is 1. The predicted molar refractivity (Wildman–Crippen MR) is 405 cm³/mol. The van der Waals surface area contributed by atoms with Crippen LogP contribution in [0.4, 0.5) is 0 Å². The van der Waals surface area contributed by atoms with Gasteiger partial charge in [-0.1, -0.05) is 121 Å². The number of ether oxygens (including phenoxy) is 5. The van der Waals surface area contributed by atoms with Crippen LogP contribution in [0.1, 0.15) is 237 Å². The van der Waals surface area contributed by atoms with E-state index < -0.39 is 5.92 Å². The Morgan fingerprint density at radius 1 is 0.379 bits per heavy atom. The molecule has 11 atom stereocenters. The van der Waals surface area contributed by atoms with Crippen LogP contribution in [0.15, 0.2) is 133 Å². The lowest BCUT2D eigenvalue weighted by molar-refractivity contribution is -0.160. The van der Waals surface area contributed by atoms with Crippen molar-refractivity contribution in [3.63, 3.8) is 0 Å². The normalized spacial score (nSPS) is 30.5. The molecule has 10 bridgehead atoms. The van der Waals surface area contributed by atoms with E-state index in [2.05, 4.69) is 110 Å². The maximum Gasteiger partial charge on any atom is 0.336 e. The second-order valence-corrected chi connectivity index (χ2v) is 30.9. The number of Topliss-reactive ketones (excluding diaryl/α,β-unsaturated/α-hetero) is 1. The van der Waals surface area contributed by atoms with Gasteiger partial charge in [0.1, 0.15) is 11.7 Å².